The summed E-state index contributed by atoms with van der Waals surface area (Å²) in [6, 6.07) is 8.30. The second kappa shape index (κ2) is 7.93. The van der Waals surface area contributed by atoms with Gasteiger partial charge in [-0.25, -0.2) is 18.4 Å². The van der Waals surface area contributed by atoms with Crippen LogP contribution in [0.3, 0.4) is 0 Å². The fraction of sp³-hybridized carbons (Fsp3) is 0.333. The molecule has 4 aromatic rings. The van der Waals surface area contributed by atoms with E-state index in [-0.39, 0.29) is 23.8 Å². The van der Waals surface area contributed by atoms with Gasteiger partial charge in [-0.05, 0) is 73.6 Å². The van der Waals surface area contributed by atoms with Crippen molar-refractivity contribution in [1.82, 2.24) is 24.7 Å². The van der Waals surface area contributed by atoms with E-state index in [9.17, 15) is 13.6 Å². The Morgan fingerprint density at radius 3 is 2.69 bits per heavy atom. The number of rotatable bonds is 4. The van der Waals surface area contributed by atoms with Crippen LogP contribution in [0.5, 0.6) is 0 Å². The number of aromatic amines is 1. The van der Waals surface area contributed by atoms with E-state index >= 15 is 0 Å². The second-order valence-electron chi connectivity index (χ2n) is 8.70. The summed E-state index contributed by atoms with van der Waals surface area (Å²) < 4.78 is 30.1. The van der Waals surface area contributed by atoms with Crippen molar-refractivity contribution in [2.45, 2.75) is 50.7 Å². The quantitative estimate of drug-likeness (QED) is 0.502. The molecule has 5 rings (SSSR count). The average Bonchev–Trinajstić information content (AvgIpc) is 3.19. The molecule has 0 aliphatic heterocycles. The van der Waals surface area contributed by atoms with Crippen LogP contribution in [-0.4, -0.2) is 30.4 Å². The number of H-pyrrole nitrogens is 1. The van der Waals surface area contributed by atoms with Gasteiger partial charge in [0.25, 0.3) is 5.56 Å². The lowest BCUT2D eigenvalue weighted by Gasteiger charge is -2.31. The molecule has 0 saturated heterocycles. The Morgan fingerprint density at radius 1 is 1.19 bits per heavy atom. The fourth-order valence-electron chi connectivity index (χ4n) is 4.48. The zero-order valence-electron chi connectivity index (χ0n) is 17.7. The van der Waals surface area contributed by atoms with Gasteiger partial charge in [0.2, 0.25) is 0 Å². The molecule has 1 N–H and O–H groups in total. The minimum atomic E-state index is -1.16. The van der Waals surface area contributed by atoms with Gasteiger partial charge in [-0.15, -0.1) is 0 Å². The van der Waals surface area contributed by atoms with Crippen molar-refractivity contribution in [3.8, 4) is 11.1 Å². The molecule has 0 bridgehead atoms. The highest BCUT2D eigenvalue weighted by atomic mass is 19.1. The number of hydrogen-bond acceptors (Lipinski definition) is 4. The molecule has 0 amide bonds. The minimum absolute atomic E-state index is 0.0000226. The molecule has 1 aliphatic rings. The number of nitrogens with one attached hydrogen (secondary N) is 1. The van der Waals surface area contributed by atoms with Crippen LogP contribution in [0.15, 0.2) is 53.7 Å². The summed E-state index contributed by atoms with van der Waals surface area (Å²) in [4.78, 5) is 24.3. The minimum Gasteiger partial charge on any atom is -0.310 e. The number of hydrogen-bond donors (Lipinski definition) is 1. The zero-order chi connectivity index (χ0) is 22.3. The topological polar surface area (TPSA) is 76.5 Å². The lowest BCUT2D eigenvalue weighted by Crippen LogP contribution is -2.28. The number of pyridine rings is 1. The summed E-state index contributed by atoms with van der Waals surface area (Å²) in [5.74, 6) is 0.0686. The Balaban J connectivity index is 1.53. The van der Waals surface area contributed by atoms with Crippen molar-refractivity contribution in [3.05, 3.63) is 76.5 Å². The number of aromatic nitrogens is 5. The number of alkyl halides is 1. The Bertz CT molecular complexity index is 1320. The molecule has 164 valence electrons. The van der Waals surface area contributed by atoms with Gasteiger partial charge >= 0.3 is 0 Å². The van der Waals surface area contributed by atoms with Crippen LogP contribution in [0.1, 0.15) is 50.0 Å². The number of fused-ring (bicyclic) bond motifs is 1. The molecule has 3 heterocycles. The van der Waals surface area contributed by atoms with E-state index in [2.05, 4.69) is 20.1 Å². The van der Waals surface area contributed by atoms with Gasteiger partial charge in [0, 0.05) is 18.8 Å². The van der Waals surface area contributed by atoms with E-state index in [0.717, 1.165) is 11.1 Å². The van der Waals surface area contributed by atoms with E-state index < -0.39 is 5.67 Å². The molecule has 1 fully saturated rings. The maximum absolute atomic E-state index is 14.2. The van der Waals surface area contributed by atoms with Crippen LogP contribution in [0.2, 0.25) is 0 Å². The molecule has 0 spiro atoms. The van der Waals surface area contributed by atoms with Gasteiger partial charge in [0.15, 0.2) is 5.65 Å². The first kappa shape index (κ1) is 20.5. The number of nitrogens with zero attached hydrogens (tertiary/aromatic N) is 4. The van der Waals surface area contributed by atoms with Crippen LogP contribution in [0.4, 0.5) is 8.78 Å². The summed E-state index contributed by atoms with van der Waals surface area (Å²) >= 11 is 0. The van der Waals surface area contributed by atoms with E-state index in [0.29, 0.717) is 48.1 Å². The molecule has 6 nitrogen and oxygen atoms in total. The molecule has 3 aromatic heterocycles. The zero-order valence-corrected chi connectivity index (χ0v) is 17.7. The smallest absolute Gasteiger partial charge is 0.262 e. The molecule has 1 aromatic carbocycles. The van der Waals surface area contributed by atoms with Crippen molar-refractivity contribution in [3.63, 3.8) is 0 Å². The first-order valence-electron chi connectivity index (χ1n) is 10.7. The highest BCUT2D eigenvalue weighted by molar-refractivity contribution is 5.73. The van der Waals surface area contributed by atoms with Crippen LogP contribution in [0, 0.1) is 5.82 Å². The molecule has 1 saturated carbocycles. The Kier molecular flexibility index (Phi) is 5.07. The van der Waals surface area contributed by atoms with Gasteiger partial charge < -0.3 is 4.98 Å². The summed E-state index contributed by atoms with van der Waals surface area (Å²) in [6.45, 7) is 1.63. The van der Waals surface area contributed by atoms with E-state index in [1.807, 2.05) is 12.1 Å². The van der Waals surface area contributed by atoms with Crippen molar-refractivity contribution in [2.75, 3.05) is 0 Å². The van der Waals surface area contributed by atoms with Crippen molar-refractivity contribution in [2.24, 2.45) is 0 Å². The molecule has 0 atom stereocenters. The molecule has 0 radical (unpaired) electrons. The number of halogens is 2. The summed E-state index contributed by atoms with van der Waals surface area (Å²) in [5.41, 5.74) is 1.49. The number of benzene rings is 1. The third-order valence-corrected chi connectivity index (χ3v) is 6.27. The third-order valence-electron chi connectivity index (χ3n) is 6.27. The Labute approximate surface area is 183 Å². The normalized spacial score (nSPS) is 21.2. The average molecular weight is 435 g/mol. The molecule has 1 aliphatic carbocycles. The summed E-state index contributed by atoms with van der Waals surface area (Å²) in [6.07, 6.45) is 7.31. The maximum Gasteiger partial charge on any atom is 0.262 e. The molecule has 0 unspecified atom stereocenters. The monoisotopic (exact) mass is 435 g/mol. The Hall–Kier alpha value is -3.42. The lowest BCUT2D eigenvalue weighted by atomic mass is 9.85. The molecular formula is C24H23F2N5O. The standard InChI is InChI=1S/C24H23F2N5O/c1-24(26)8-4-18(5-9-24)31-22-20(14-28-31)23(32)30-21(29-22)13-16-12-17(25)2-3-19(16)15-6-10-27-11-7-15/h2-3,6-7,10-12,14,18H,4-5,8-9,13H2,1H3,(H,29,30,32). The van der Waals surface area contributed by atoms with Crippen LogP contribution < -0.4 is 5.56 Å². The second-order valence-corrected chi connectivity index (χ2v) is 8.70. The van der Waals surface area contributed by atoms with Crippen molar-refractivity contribution < 1.29 is 8.78 Å². The van der Waals surface area contributed by atoms with Gasteiger partial charge in [-0.2, -0.15) is 5.10 Å². The highest BCUT2D eigenvalue weighted by Crippen LogP contribution is 2.37. The van der Waals surface area contributed by atoms with Crippen molar-refractivity contribution >= 4 is 11.0 Å². The van der Waals surface area contributed by atoms with Gasteiger partial charge in [0.1, 0.15) is 22.7 Å². The van der Waals surface area contributed by atoms with Crippen LogP contribution in [0.25, 0.3) is 22.2 Å². The van der Waals surface area contributed by atoms with E-state index in [4.69, 9.17) is 0 Å². The van der Waals surface area contributed by atoms with Gasteiger partial charge in [-0.3, -0.25) is 9.78 Å². The highest BCUT2D eigenvalue weighted by Gasteiger charge is 2.32. The predicted octanol–water partition coefficient (Wildman–Crippen LogP) is 4.75. The lowest BCUT2D eigenvalue weighted by molar-refractivity contribution is 0.103. The molecular weight excluding hydrogens is 412 g/mol. The van der Waals surface area contributed by atoms with E-state index in [1.54, 1.807) is 30.1 Å². The third kappa shape index (κ3) is 3.92. The van der Waals surface area contributed by atoms with Crippen LogP contribution in [-0.2, 0) is 6.42 Å². The largest absolute Gasteiger partial charge is 0.310 e. The SMILES string of the molecule is CC1(F)CCC(n2ncc3c(=O)[nH]c(Cc4cc(F)ccc4-c4ccncc4)nc32)CC1. The van der Waals surface area contributed by atoms with Gasteiger partial charge in [0.05, 0.1) is 12.2 Å². The maximum atomic E-state index is 14.2. The molecule has 32 heavy (non-hydrogen) atoms. The van der Waals surface area contributed by atoms with Crippen molar-refractivity contribution in [1.29, 1.82) is 0 Å². The predicted molar refractivity (Wildman–Crippen MR) is 118 cm³/mol. The van der Waals surface area contributed by atoms with Gasteiger partial charge in [-0.1, -0.05) is 6.07 Å². The first-order valence-corrected chi connectivity index (χ1v) is 10.7. The first-order chi connectivity index (χ1) is 15.4. The summed E-state index contributed by atoms with van der Waals surface area (Å²) in [7, 11) is 0. The van der Waals surface area contributed by atoms with Crippen LogP contribution >= 0.6 is 0 Å². The fourth-order valence-corrected chi connectivity index (χ4v) is 4.48. The van der Waals surface area contributed by atoms with E-state index in [1.165, 1.54) is 18.3 Å². The Morgan fingerprint density at radius 2 is 1.94 bits per heavy atom. The molecule has 8 heteroatoms. The summed E-state index contributed by atoms with van der Waals surface area (Å²) in [5, 5.41) is 4.80.